The van der Waals surface area contributed by atoms with Gasteiger partial charge in [0.05, 0.1) is 10.7 Å². The molecule has 0 atom stereocenters. The molecule has 0 aliphatic rings. The predicted molar refractivity (Wildman–Crippen MR) is 122 cm³/mol. The summed E-state index contributed by atoms with van der Waals surface area (Å²) in [5.41, 5.74) is 3.62. The number of ether oxygens (including phenoxy) is 3. The number of aromatic nitrogens is 2. The Morgan fingerprint density at radius 1 is 1.23 bits per heavy atom. The monoisotopic (exact) mass is 447 g/mol. The van der Waals surface area contributed by atoms with Crippen LogP contribution in [0.1, 0.15) is 50.2 Å². The van der Waals surface area contributed by atoms with Crippen LogP contribution in [0.15, 0.2) is 24.3 Å². The Hall–Kier alpha value is -2.64. The molecule has 31 heavy (non-hydrogen) atoms. The molecule has 2 aromatic rings. The van der Waals surface area contributed by atoms with Crippen LogP contribution in [-0.2, 0) is 31.0 Å². The van der Waals surface area contributed by atoms with Gasteiger partial charge in [-0.2, -0.15) is 5.10 Å². The molecule has 8 heteroatoms. The van der Waals surface area contributed by atoms with Crippen LogP contribution < -0.4 is 0 Å². The van der Waals surface area contributed by atoms with Gasteiger partial charge in [-0.15, -0.1) is 0 Å². The minimum absolute atomic E-state index is 0.00319. The fourth-order valence-corrected chi connectivity index (χ4v) is 3.24. The van der Waals surface area contributed by atoms with Crippen LogP contribution in [0.3, 0.4) is 0 Å². The van der Waals surface area contributed by atoms with Crippen molar-refractivity contribution in [1.82, 2.24) is 9.78 Å². The number of halogens is 1. The number of nitrogens with zero attached hydrogens (tertiary/aromatic N) is 2. The summed E-state index contributed by atoms with van der Waals surface area (Å²) >= 11 is 6.55. The molecule has 0 bridgehead atoms. The predicted octanol–water partition coefficient (Wildman–Crippen LogP) is 4.84. The first-order valence-electron chi connectivity index (χ1n) is 10.00. The lowest BCUT2D eigenvalue weighted by Gasteiger charge is -2.20. The quantitative estimate of drug-likeness (QED) is 0.257. The smallest absolute Gasteiger partial charge is 0.334 e. The normalized spacial score (nSPS) is 12.4. The minimum Gasteiger partial charge on any atom is -0.454 e. The number of methoxy groups -OCH3 is 1. The molecule has 1 aromatic carbocycles. The van der Waals surface area contributed by atoms with Gasteiger partial charge in [0, 0.05) is 25.4 Å². The molecule has 0 fully saturated rings. The maximum Gasteiger partial charge on any atom is 0.334 e. The number of hydrogen-bond acceptors (Lipinski definition) is 6. The van der Waals surface area contributed by atoms with E-state index in [-0.39, 0.29) is 18.8 Å². The Morgan fingerprint density at radius 3 is 2.39 bits per heavy atom. The lowest BCUT2D eigenvalue weighted by atomic mass is 9.86. The average molecular weight is 448 g/mol. The fraction of sp³-hybridized carbons (Fsp3) is 0.435. The third-order valence-corrected chi connectivity index (χ3v) is 5.16. The highest BCUT2D eigenvalue weighted by Crippen LogP contribution is 2.34. The molecule has 2 rings (SSSR count). The molecule has 1 heterocycles. The number of aryl methyl sites for hydroxylation is 2. The Bertz CT molecular complexity index is 956. The molecule has 168 valence electrons. The van der Waals surface area contributed by atoms with Gasteiger partial charge < -0.3 is 19.6 Å². The molecule has 7 nitrogen and oxygen atoms in total. The number of nitrogens with one attached hydrogen (secondary N) is 1. The van der Waals surface area contributed by atoms with E-state index in [1.54, 1.807) is 11.6 Å². The number of carbonyl (C=O) groups is 1. The summed E-state index contributed by atoms with van der Waals surface area (Å²) in [5.74, 6) is -0.241. The summed E-state index contributed by atoms with van der Waals surface area (Å²) in [4.78, 5) is 11.7. The summed E-state index contributed by atoms with van der Waals surface area (Å²) in [6.45, 7) is 10.2. The number of carbonyl (C=O) groups excluding carboxylic acids is 1. The second-order valence-electron chi connectivity index (χ2n) is 7.99. The van der Waals surface area contributed by atoms with Crippen molar-refractivity contribution in [2.24, 2.45) is 0 Å². The van der Waals surface area contributed by atoms with Gasteiger partial charge in [0.2, 0.25) is 6.79 Å². The standard InChI is InChI=1S/C23H30ClN3O4/c1-7-27-21(20(24)15(2)26-27)22(31-14-30-19(28)13-29-6)18(12-25)16-8-10-17(11-9-16)23(3,4)5/h8-12,25H,7,13-14H2,1-6H3/b22-18-,25-12?. The van der Waals surface area contributed by atoms with Gasteiger partial charge in [0.15, 0.2) is 5.76 Å². The number of benzene rings is 1. The molecule has 0 aliphatic heterocycles. The van der Waals surface area contributed by atoms with Crippen LogP contribution in [-0.4, -0.2) is 42.5 Å². The first-order valence-corrected chi connectivity index (χ1v) is 10.4. The molecule has 1 aromatic heterocycles. The van der Waals surface area contributed by atoms with Crippen molar-refractivity contribution in [3.63, 3.8) is 0 Å². The molecule has 0 spiro atoms. The fourth-order valence-electron chi connectivity index (χ4n) is 3.02. The van der Waals surface area contributed by atoms with Crippen LogP contribution in [0.2, 0.25) is 5.02 Å². The summed E-state index contributed by atoms with van der Waals surface area (Å²) < 4.78 is 17.4. The van der Waals surface area contributed by atoms with Crippen molar-refractivity contribution in [2.45, 2.75) is 46.6 Å². The molecule has 0 saturated carbocycles. The van der Waals surface area contributed by atoms with Crippen molar-refractivity contribution >= 4 is 35.1 Å². The van der Waals surface area contributed by atoms with E-state index in [9.17, 15) is 4.79 Å². The highest BCUT2D eigenvalue weighted by molar-refractivity contribution is 6.33. The molecule has 0 aliphatic carbocycles. The van der Waals surface area contributed by atoms with E-state index in [2.05, 4.69) is 25.9 Å². The maximum absolute atomic E-state index is 11.7. The SMILES string of the molecule is CCn1nc(C)c(Cl)c1/C(OCOC(=O)COC)=C(\C=N)c1ccc(C(C)(C)C)cc1. The van der Waals surface area contributed by atoms with E-state index in [1.165, 1.54) is 18.9 Å². The summed E-state index contributed by atoms with van der Waals surface area (Å²) in [7, 11) is 1.41. The van der Waals surface area contributed by atoms with Crippen molar-refractivity contribution in [3.8, 4) is 0 Å². The van der Waals surface area contributed by atoms with E-state index in [0.717, 1.165) is 5.56 Å². The zero-order valence-corrected chi connectivity index (χ0v) is 19.7. The topological polar surface area (TPSA) is 86.4 Å². The number of esters is 1. The zero-order chi connectivity index (χ0) is 23.2. The lowest BCUT2D eigenvalue weighted by Crippen LogP contribution is -2.15. The van der Waals surface area contributed by atoms with Crippen molar-refractivity contribution in [3.05, 3.63) is 51.8 Å². The van der Waals surface area contributed by atoms with Gasteiger partial charge in [-0.05, 0) is 30.4 Å². The van der Waals surface area contributed by atoms with Gasteiger partial charge in [-0.1, -0.05) is 56.6 Å². The number of rotatable bonds is 9. The summed E-state index contributed by atoms with van der Waals surface area (Å²) in [6.07, 6.45) is 1.21. The average Bonchev–Trinajstić information content (AvgIpc) is 3.01. The summed E-state index contributed by atoms with van der Waals surface area (Å²) in [6, 6.07) is 7.93. The second kappa shape index (κ2) is 10.6. The van der Waals surface area contributed by atoms with Gasteiger partial charge in [-0.3, -0.25) is 4.68 Å². The van der Waals surface area contributed by atoms with E-state index in [0.29, 0.717) is 34.3 Å². The Morgan fingerprint density at radius 2 is 1.87 bits per heavy atom. The van der Waals surface area contributed by atoms with Crippen LogP contribution >= 0.6 is 11.6 Å². The summed E-state index contributed by atoms with van der Waals surface area (Å²) in [5, 5.41) is 12.9. The highest BCUT2D eigenvalue weighted by atomic mass is 35.5. The van der Waals surface area contributed by atoms with Crippen molar-refractivity contribution < 1.29 is 19.0 Å². The van der Waals surface area contributed by atoms with E-state index < -0.39 is 5.97 Å². The van der Waals surface area contributed by atoms with E-state index in [4.69, 9.17) is 31.2 Å². The Kier molecular flexibility index (Phi) is 8.42. The molecular weight excluding hydrogens is 418 g/mol. The first kappa shape index (κ1) is 24.6. The third kappa shape index (κ3) is 5.95. The van der Waals surface area contributed by atoms with Gasteiger partial charge in [0.25, 0.3) is 0 Å². The molecule has 0 amide bonds. The lowest BCUT2D eigenvalue weighted by molar-refractivity contribution is -0.155. The minimum atomic E-state index is -0.556. The third-order valence-electron chi connectivity index (χ3n) is 4.71. The number of allylic oxidation sites excluding steroid dienone is 1. The van der Waals surface area contributed by atoms with Crippen molar-refractivity contribution in [2.75, 3.05) is 20.5 Å². The van der Waals surface area contributed by atoms with Crippen LogP contribution in [0, 0.1) is 12.3 Å². The van der Waals surface area contributed by atoms with Gasteiger partial charge in [0.1, 0.15) is 12.3 Å². The highest BCUT2D eigenvalue weighted by Gasteiger charge is 2.23. The van der Waals surface area contributed by atoms with Gasteiger partial charge >= 0.3 is 5.97 Å². The second-order valence-corrected chi connectivity index (χ2v) is 8.37. The Balaban J connectivity index is 2.56. The first-order chi connectivity index (χ1) is 14.6. The van der Waals surface area contributed by atoms with Crippen molar-refractivity contribution in [1.29, 1.82) is 5.41 Å². The zero-order valence-electron chi connectivity index (χ0n) is 18.9. The number of hydrogen-bond donors (Lipinski definition) is 1. The molecule has 0 saturated heterocycles. The van der Waals surface area contributed by atoms with Gasteiger partial charge in [-0.25, -0.2) is 4.79 Å². The van der Waals surface area contributed by atoms with E-state index >= 15 is 0 Å². The molecule has 1 N–H and O–H groups in total. The van der Waals surface area contributed by atoms with E-state index in [1.807, 2.05) is 31.2 Å². The van der Waals surface area contributed by atoms with Crippen LogP contribution in [0.25, 0.3) is 11.3 Å². The van der Waals surface area contributed by atoms with Crippen LogP contribution in [0.4, 0.5) is 0 Å². The Labute approximate surface area is 188 Å². The molecular formula is C23H30ClN3O4. The molecule has 0 radical (unpaired) electrons. The van der Waals surface area contributed by atoms with Crippen LogP contribution in [0.5, 0.6) is 0 Å². The largest absolute Gasteiger partial charge is 0.454 e. The maximum atomic E-state index is 11.7. The molecule has 0 unspecified atom stereocenters.